The number of sulfone groups is 1. The number of hydrogen-bond acceptors (Lipinski definition) is 7. The molecule has 0 saturated carbocycles. The summed E-state index contributed by atoms with van der Waals surface area (Å²) in [5, 5.41) is 16.3. The minimum absolute atomic E-state index is 0.343. The minimum atomic E-state index is -2.79. The van der Waals surface area contributed by atoms with Crippen LogP contribution in [-0.2, 0) is 9.84 Å². The molecule has 26 heavy (non-hydrogen) atoms. The van der Waals surface area contributed by atoms with Gasteiger partial charge in [0.25, 0.3) is 0 Å². The molecule has 2 fully saturated rings. The van der Waals surface area contributed by atoms with Crippen molar-refractivity contribution in [3.63, 3.8) is 0 Å². The number of piperidine rings is 1. The van der Waals surface area contributed by atoms with Gasteiger partial charge in [0.05, 0.1) is 22.9 Å². The summed E-state index contributed by atoms with van der Waals surface area (Å²) in [6, 6.07) is 0.812. The van der Waals surface area contributed by atoms with Gasteiger partial charge in [-0.3, -0.25) is 0 Å². The maximum absolute atomic E-state index is 11.6. The van der Waals surface area contributed by atoms with Crippen molar-refractivity contribution in [2.24, 2.45) is 0 Å². The molecule has 0 aromatic carbocycles. The van der Waals surface area contributed by atoms with E-state index in [4.69, 9.17) is 0 Å². The molecule has 0 bridgehead atoms. The normalized spacial score (nSPS) is 22.7. The zero-order chi connectivity index (χ0) is 18.3. The van der Waals surface area contributed by atoms with E-state index in [1.54, 1.807) is 10.8 Å². The summed E-state index contributed by atoms with van der Waals surface area (Å²) in [5.41, 5.74) is 3.89. The molecule has 2 aliphatic heterocycles. The van der Waals surface area contributed by atoms with Crippen LogP contribution in [-0.4, -0.2) is 69.8 Å². The number of hydrogen-bond donors (Lipinski definition) is 1. The summed E-state index contributed by atoms with van der Waals surface area (Å²) in [6.07, 6.45) is 5.29. The SMILES string of the molecule is Cc1nn2cnnc2c(NC2CCN(C3CCS(=O)(=O)CC3)CC2)c1C. The lowest BCUT2D eigenvalue weighted by atomic mass is 10.00. The van der Waals surface area contributed by atoms with E-state index >= 15 is 0 Å². The Hall–Kier alpha value is -1.74. The Morgan fingerprint density at radius 1 is 1.12 bits per heavy atom. The number of nitrogens with one attached hydrogen (secondary N) is 1. The van der Waals surface area contributed by atoms with Crippen molar-refractivity contribution in [1.82, 2.24) is 24.7 Å². The van der Waals surface area contributed by atoms with Crippen LogP contribution in [0, 0.1) is 13.8 Å². The number of anilines is 1. The summed E-state index contributed by atoms with van der Waals surface area (Å²) < 4.78 is 25.0. The Morgan fingerprint density at radius 3 is 2.50 bits per heavy atom. The third-order valence-corrected chi connectivity index (χ3v) is 7.56. The van der Waals surface area contributed by atoms with Crippen molar-refractivity contribution >= 4 is 21.2 Å². The number of rotatable bonds is 3. The predicted octanol–water partition coefficient (Wildman–Crippen LogP) is 1.19. The molecule has 142 valence electrons. The standard InChI is InChI=1S/C17H26N6O2S/c1-12-13(2)21-23-11-18-20-17(23)16(12)19-14-3-7-22(8-4-14)15-5-9-26(24,25)10-6-15/h11,14-15,19H,3-10H2,1-2H3. The first-order chi connectivity index (χ1) is 12.4. The Balaban J connectivity index is 1.40. The topological polar surface area (TPSA) is 92.5 Å². The van der Waals surface area contributed by atoms with E-state index in [9.17, 15) is 8.42 Å². The average Bonchev–Trinajstić information content (AvgIpc) is 3.07. The van der Waals surface area contributed by atoms with Crippen LogP contribution in [0.2, 0.25) is 0 Å². The fourth-order valence-corrected chi connectivity index (χ4v) is 5.55. The molecule has 4 heterocycles. The number of fused-ring (bicyclic) bond motifs is 1. The summed E-state index contributed by atoms with van der Waals surface area (Å²) in [6.45, 7) is 6.08. The van der Waals surface area contributed by atoms with Gasteiger partial charge in [-0.25, -0.2) is 8.42 Å². The molecule has 0 unspecified atom stereocenters. The minimum Gasteiger partial charge on any atom is -0.379 e. The lowest BCUT2D eigenvalue weighted by molar-refractivity contribution is 0.147. The Bertz CT molecular complexity index is 887. The maximum atomic E-state index is 11.6. The number of aromatic nitrogens is 4. The van der Waals surface area contributed by atoms with E-state index in [1.165, 1.54) is 0 Å². The monoisotopic (exact) mass is 378 g/mol. The van der Waals surface area contributed by atoms with Crippen LogP contribution in [0.15, 0.2) is 6.33 Å². The van der Waals surface area contributed by atoms with Gasteiger partial charge in [-0.15, -0.1) is 10.2 Å². The van der Waals surface area contributed by atoms with Crippen molar-refractivity contribution in [3.05, 3.63) is 17.6 Å². The second-order valence-corrected chi connectivity index (χ2v) is 9.83. The zero-order valence-electron chi connectivity index (χ0n) is 15.3. The average molecular weight is 379 g/mol. The van der Waals surface area contributed by atoms with Gasteiger partial charge in [0.1, 0.15) is 16.2 Å². The van der Waals surface area contributed by atoms with E-state index < -0.39 is 9.84 Å². The first kappa shape index (κ1) is 17.7. The van der Waals surface area contributed by atoms with Crippen LogP contribution in [0.5, 0.6) is 0 Å². The molecule has 0 radical (unpaired) electrons. The van der Waals surface area contributed by atoms with E-state index in [1.807, 2.05) is 6.92 Å². The van der Waals surface area contributed by atoms with Gasteiger partial charge in [0, 0.05) is 25.2 Å². The third-order valence-electron chi connectivity index (χ3n) is 5.85. The largest absolute Gasteiger partial charge is 0.379 e. The van der Waals surface area contributed by atoms with Gasteiger partial charge < -0.3 is 10.2 Å². The fraction of sp³-hybridized carbons (Fsp3) is 0.706. The molecular formula is C17H26N6O2S. The molecule has 8 nitrogen and oxygen atoms in total. The van der Waals surface area contributed by atoms with Gasteiger partial charge in [-0.05, 0) is 45.1 Å². The summed E-state index contributed by atoms with van der Waals surface area (Å²) in [4.78, 5) is 2.48. The van der Waals surface area contributed by atoms with Gasteiger partial charge in [0.15, 0.2) is 0 Å². The molecule has 9 heteroatoms. The van der Waals surface area contributed by atoms with Crippen molar-refractivity contribution in [1.29, 1.82) is 0 Å². The lowest BCUT2D eigenvalue weighted by Crippen LogP contribution is -2.47. The smallest absolute Gasteiger partial charge is 0.200 e. The van der Waals surface area contributed by atoms with Gasteiger partial charge in [-0.1, -0.05) is 0 Å². The Labute approximate surface area is 153 Å². The Morgan fingerprint density at radius 2 is 1.81 bits per heavy atom. The van der Waals surface area contributed by atoms with E-state index in [0.29, 0.717) is 23.6 Å². The first-order valence-corrected chi connectivity index (χ1v) is 11.1. The van der Waals surface area contributed by atoms with Gasteiger partial charge in [-0.2, -0.15) is 9.61 Å². The maximum Gasteiger partial charge on any atom is 0.200 e. The van der Waals surface area contributed by atoms with E-state index in [-0.39, 0.29) is 0 Å². The molecule has 2 aromatic rings. The van der Waals surface area contributed by atoms with E-state index in [2.05, 4.69) is 32.4 Å². The fourth-order valence-electron chi connectivity index (χ4n) is 4.08. The van der Waals surface area contributed by atoms with Crippen LogP contribution in [0.4, 0.5) is 5.69 Å². The van der Waals surface area contributed by atoms with Crippen LogP contribution in [0.1, 0.15) is 36.9 Å². The lowest BCUT2D eigenvalue weighted by Gasteiger charge is -2.39. The molecule has 4 rings (SSSR count). The highest BCUT2D eigenvalue weighted by molar-refractivity contribution is 7.91. The highest BCUT2D eigenvalue weighted by Crippen LogP contribution is 2.27. The molecule has 1 N–H and O–H groups in total. The van der Waals surface area contributed by atoms with E-state index in [0.717, 1.165) is 61.4 Å². The second kappa shape index (κ2) is 6.77. The highest BCUT2D eigenvalue weighted by atomic mass is 32.2. The number of aryl methyl sites for hydroxylation is 1. The third kappa shape index (κ3) is 3.42. The molecule has 0 atom stereocenters. The van der Waals surface area contributed by atoms with Crippen molar-refractivity contribution in [2.75, 3.05) is 29.9 Å². The Kier molecular flexibility index (Phi) is 4.60. The van der Waals surface area contributed by atoms with Crippen LogP contribution >= 0.6 is 0 Å². The van der Waals surface area contributed by atoms with Crippen LogP contribution in [0.25, 0.3) is 5.65 Å². The molecule has 2 aromatic heterocycles. The second-order valence-electron chi connectivity index (χ2n) is 7.52. The summed E-state index contributed by atoms with van der Waals surface area (Å²) in [7, 11) is -2.79. The van der Waals surface area contributed by atoms with Crippen LogP contribution in [0.3, 0.4) is 0 Å². The van der Waals surface area contributed by atoms with Crippen molar-refractivity contribution in [2.45, 2.75) is 51.6 Å². The quantitative estimate of drug-likeness (QED) is 0.858. The molecular weight excluding hydrogens is 352 g/mol. The van der Waals surface area contributed by atoms with Gasteiger partial charge >= 0.3 is 0 Å². The predicted molar refractivity (Wildman–Crippen MR) is 100 cm³/mol. The van der Waals surface area contributed by atoms with Crippen molar-refractivity contribution < 1.29 is 8.42 Å². The highest BCUT2D eigenvalue weighted by Gasteiger charge is 2.30. The zero-order valence-corrected chi connectivity index (χ0v) is 16.2. The summed E-state index contributed by atoms with van der Waals surface area (Å²) in [5.74, 6) is 0.687. The number of likely N-dealkylation sites (tertiary alicyclic amines) is 1. The number of nitrogens with zero attached hydrogens (tertiary/aromatic N) is 5. The van der Waals surface area contributed by atoms with Gasteiger partial charge in [0.2, 0.25) is 5.65 Å². The van der Waals surface area contributed by atoms with Crippen LogP contribution < -0.4 is 5.32 Å². The molecule has 0 aliphatic carbocycles. The molecule has 2 saturated heterocycles. The molecule has 0 amide bonds. The van der Waals surface area contributed by atoms with Crippen molar-refractivity contribution in [3.8, 4) is 0 Å². The molecule has 2 aliphatic rings. The summed E-state index contributed by atoms with van der Waals surface area (Å²) >= 11 is 0. The first-order valence-electron chi connectivity index (χ1n) is 9.31. The molecule has 0 spiro atoms.